The van der Waals surface area contributed by atoms with Gasteiger partial charge in [-0.05, 0) is 36.8 Å². The number of hydrogen-bond acceptors (Lipinski definition) is 3. The summed E-state index contributed by atoms with van der Waals surface area (Å²) in [6, 6.07) is 15.4. The van der Waals surface area contributed by atoms with Crippen LogP contribution in [-0.4, -0.2) is 18.3 Å². The number of thioether (sulfide) groups is 1. The van der Waals surface area contributed by atoms with Crippen LogP contribution in [0.15, 0.2) is 66.1 Å². The molecule has 2 rings (SSSR count). The van der Waals surface area contributed by atoms with Crippen LogP contribution in [0.4, 0.5) is 0 Å². The van der Waals surface area contributed by atoms with Gasteiger partial charge in [-0.15, -0.1) is 18.3 Å². The zero-order valence-corrected chi connectivity index (χ0v) is 14.1. The van der Waals surface area contributed by atoms with Gasteiger partial charge < -0.3 is 10.1 Å². The average Bonchev–Trinajstić information content (AvgIpc) is 2.59. The van der Waals surface area contributed by atoms with Crippen LogP contribution in [0.2, 0.25) is 0 Å². The van der Waals surface area contributed by atoms with Gasteiger partial charge in [0.05, 0.1) is 12.2 Å². The van der Waals surface area contributed by atoms with Crippen LogP contribution in [0.25, 0.3) is 0 Å². The molecule has 0 aromatic heterocycles. The molecule has 0 aliphatic heterocycles. The highest BCUT2D eigenvalue weighted by Gasteiger charge is 2.10. The number of nitrogens with one attached hydrogen (secondary N) is 1. The summed E-state index contributed by atoms with van der Waals surface area (Å²) in [5, 5.41) is 2.97. The van der Waals surface area contributed by atoms with E-state index in [1.165, 1.54) is 0 Å². The number of amides is 1. The van der Waals surface area contributed by atoms with Crippen molar-refractivity contribution < 1.29 is 9.53 Å². The highest BCUT2D eigenvalue weighted by Crippen LogP contribution is 2.22. The van der Waals surface area contributed by atoms with E-state index in [4.69, 9.17) is 4.74 Å². The molecule has 0 radical (unpaired) electrons. The Hall–Kier alpha value is -2.20. The molecule has 2 aromatic carbocycles. The average molecular weight is 327 g/mol. The van der Waals surface area contributed by atoms with Crippen molar-refractivity contribution in [2.24, 2.45) is 0 Å². The standard InChI is InChI=1S/C19H21NO2S/c1-3-12-23-18-11-6-5-10-17(18)19(21)20-14-15-8-7-9-16(13-15)22-4-2/h3,5-11,13H,1,4,12,14H2,2H3,(H,20,21). The predicted octanol–water partition coefficient (Wildman–Crippen LogP) is 4.29. The molecule has 3 nitrogen and oxygen atoms in total. The van der Waals surface area contributed by atoms with Crippen LogP contribution in [0.1, 0.15) is 22.8 Å². The lowest BCUT2D eigenvalue weighted by atomic mass is 10.2. The van der Waals surface area contributed by atoms with Crippen molar-refractivity contribution in [3.05, 3.63) is 72.3 Å². The molecule has 2 aromatic rings. The first-order chi connectivity index (χ1) is 11.2. The summed E-state index contributed by atoms with van der Waals surface area (Å²) >= 11 is 1.61. The van der Waals surface area contributed by atoms with E-state index in [1.54, 1.807) is 11.8 Å². The lowest BCUT2D eigenvalue weighted by Crippen LogP contribution is -2.23. The summed E-state index contributed by atoms with van der Waals surface area (Å²) in [7, 11) is 0. The van der Waals surface area contributed by atoms with E-state index in [2.05, 4.69) is 11.9 Å². The normalized spacial score (nSPS) is 10.1. The van der Waals surface area contributed by atoms with Gasteiger partial charge in [-0.2, -0.15) is 0 Å². The van der Waals surface area contributed by atoms with Gasteiger partial charge in [-0.1, -0.05) is 30.3 Å². The molecule has 0 fully saturated rings. The molecule has 0 saturated heterocycles. The molecule has 0 unspecified atom stereocenters. The van der Waals surface area contributed by atoms with E-state index in [0.717, 1.165) is 22.0 Å². The molecule has 0 spiro atoms. The molecule has 120 valence electrons. The van der Waals surface area contributed by atoms with Gasteiger partial charge in [0.15, 0.2) is 0 Å². The third-order valence-corrected chi connectivity index (χ3v) is 4.22. The second-order valence-corrected chi connectivity index (χ2v) is 5.92. The number of ether oxygens (including phenoxy) is 1. The molecule has 0 heterocycles. The van der Waals surface area contributed by atoms with E-state index in [0.29, 0.717) is 18.7 Å². The smallest absolute Gasteiger partial charge is 0.252 e. The molecule has 0 aliphatic rings. The lowest BCUT2D eigenvalue weighted by molar-refractivity contribution is 0.0948. The van der Waals surface area contributed by atoms with Crippen LogP contribution in [0.3, 0.4) is 0 Å². The molecular weight excluding hydrogens is 306 g/mol. The highest BCUT2D eigenvalue weighted by atomic mass is 32.2. The quantitative estimate of drug-likeness (QED) is 0.580. The zero-order valence-electron chi connectivity index (χ0n) is 13.2. The van der Waals surface area contributed by atoms with Crippen LogP contribution >= 0.6 is 11.8 Å². The number of carbonyl (C=O) groups excluding carboxylic acids is 1. The van der Waals surface area contributed by atoms with E-state index >= 15 is 0 Å². The maximum absolute atomic E-state index is 12.4. The molecule has 1 amide bonds. The van der Waals surface area contributed by atoms with Crippen molar-refractivity contribution in [3.63, 3.8) is 0 Å². The molecule has 4 heteroatoms. The molecule has 0 atom stereocenters. The Balaban J connectivity index is 2.02. The van der Waals surface area contributed by atoms with Gasteiger partial charge >= 0.3 is 0 Å². The number of hydrogen-bond donors (Lipinski definition) is 1. The lowest BCUT2D eigenvalue weighted by Gasteiger charge is -2.10. The summed E-state index contributed by atoms with van der Waals surface area (Å²) in [5.41, 5.74) is 1.71. The van der Waals surface area contributed by atoms with Crippen molar-refractivity contribution in [3.8, 4) is 5.75 Å². The van der Waals surface area contributed by atoms with Gasteiger partial charge in [0.1, 0.15) is 5.75 Å². The van der Waals surface area contributed by atoms with Crippen LogP contribution in [-0.2, 0) is 6.54 Å². The van der Waals surface area contributed by atoms with Gasteiger partial charge in [0.2, 0.25) is 0 Å². The third-order valence-electron chi connectivity index (χ3n) is 3.15. The van der Waals surface area contributed by atoms with Crippen molar-refractivity contribution in [2.75, 3.05) is 12.4 Å². The second kappa shape index (κ2) is 9.06. The summed E-state index contributed by atoms with van der Waals surface area (Å²) in [5.74, 6) is 1.53. The Kier molecular flexibility index (Phi) is 6.76. The van der Waals surface area contributed by atoms with Gasteiger partial charge in [0, 0.05) is 17.2 Å². The summed E-state index contributed by atoms with van der Waals surface area (Å²) < 4.78 is 5.48. The monoisotopic (exact) mass is 327 g/mol. The van der Waals surface area contributed by atoms with Crippen molar-refractivity contribution >= 4 is 17.7 Å². The molecule has 0 bridgehead atoms. The molecule has 23 heavy (non-hydrogen) atoms. The molecular formula is C19H21NO2S. The van der Waals surface area contributed by atoms with Gasteiger partial charge in [-0.25, -0.2) is 0 Å². The number of rotatable bonds is 8. The van der Waals surface area contributed by atoms with Crippen molar-refractivity contribution in [1.29, 1.82) is 0 Å². The zero-order chi connectivity index (χ0) is 16.5. The van der Waals surface area contributed by atoms with Crippen LogP contribution in [0.5, 0.6) is 5.75 Å². The minimum atomic E-state index is -0.0704. The summed E-state index contributed by atoms with van der Waals surface area (Å²) in [6.45, 7) is 6.77. The minimum Gasteiger partial charge on any atom is -0.494 e. The van der Waals surface area contributed by atoms with Crippen molar-refractivity contribution in [2.45, 2.75) is 18.4 Å². The molecule has 0 saturated carbocycles. The van der Waals surface area contributed by atoms with Gasteiger partial charge in [-0.3, -0.25) is 4.79 Å². The second-order valence-electron chi connectivity index (χ2n) is 4.86. The Morgan fingerprint density at radius 2 is 2.09 bits per heavy atom. The van der Waals surface area contributed by atoms with E-state index < -0.39 is 0 Å². The number of benzene rings is 2. The Bertz CT molecular complexity index is 670. The Labute approximate surface area is 141 Å². The minimum absolute atomic E-state index is 0.0704. The first-order valence-corrected chi connectivity index (χ1v) is 8.55. The van der Waals surface area contributed by atoms with Crippen LogP contribution in [0, 0.1) is 0 Å². The predicted molar refractivity (Wildman–Crippen MR) is 96.1 cm³/mol. The molecule has 0 aliphatic carbocycles. The molecule has 1 N–H and O–H groups in total. The highest BCUT2D eigenvalue weighted by molar-refractivity contribution is 7.99. The van der Waals surface area contributed by atoms with E-state index in [1.807, 2.05) is 61.5 Å². The van der Waals surface area contributed by atoms with Crippen molar-refractivity contribution in [1.82, 2.24) is 5.32 Å². The SMILES string of the molecule is C=CCSc1ccccc1C(=O)NCc1cccc(OCC)c1. The Morgan fingerprint density at radius 3 is 2.87 bits per heavy atom. The van der Waals surface area contributed by atoms with E-state index in [-0.39, 0.29) is 5.91 Å². The summed E-state index contributed by atoms with van der Waals surface area (Å²) in [4.78, 5) is 13.4. The maximum Gasteiger partial charge on any atom is 0.252 e. The van der Waals surface area contributed by atoms with Crippen LogP contribution < -0.4 is 10.1 Å². The topological polar surface area (TPSA) is 38.3 Å². The fraction of sp³-hybridized carbons (Fsp3) is 0.211. The first kappa shape index (κ1) is 17.2. The largest absolute Gasteiger partial charge is 0.494 e. The van der Waals surface area contributed by atoms with Gasteiger partial charge in [0.25, 0.3) is 5.91 Å². The fourth-order valence-electron chi connectivity index (χ4n) is 2.12. The fourth-order valence-corrected chi connectivity index (χ4v) is 2.91. The third kappa shape index (κ3) is 5.18. The number of carbonyl (C=O) groups is 1. The Morgan fingerprint density at radius 1 is 1.26 bits per heavy atom. The first-order valence-electron chi connectivity index (χ1n) is 7.57. The maximum atomic E-state index is 12.4. The van der Waals surface area contributed by atoms with E-state index in [9.17, 15) is 4.79 Å². The summed E-state index contributed by atoms with van der Waals surface area (Å²) in [6.07, 6.45) is 1.83.